The Kier molecular flexibility index (Phi) is 2.63. The van der Waals surface area contributed by atoms with Gasteiger partial charge in [0.25, 0.3) is 0 Å². The second-order valence-electron chi connectivity index (χ2n) is 4.45. The lowest BCUT2D eigenvalue weighted by Crippen LogP contribution is -1.99. The Morgan fingerprint density at radius 1 is 1.28 bits per heavy atom. The van der Waals surface area contributed by atoms with Gasteiger partial charge in [-0.15, -0.1) is 0 Å². The number of aromatic nitrogens is 2. The Bertz CT molecular complexity index is 692. The van der Waals surface area contributed by atoms with Gasteiger partial charge >= 0.3 is 0 Å². The van der Waals surface area contributed by atoms with Gasteiger partial charge in [-0.05, 0) is 37.4 Å². The molecular weight excluding hydrogens is 248 g/mol. The molecule has 2 heterocycles. The monoisotopic (exact) mass is 260 g/mol. The Balaban J connectivity index is 2.08. The maximum absolute atomic E-state index is 6.05. The van der Waals surface area contributed by atoms with Crippen LogP contribution in [-0.2, 0) is 6.54 Å². The van der Waals surface area contributed by atoms with Crippen LogP contribution in [0.5, 0.6) is 0 Å². The molecular formula is C14H13ClN2O. The molecule has 0 fully saturated rings. The second kappa shape index (κ2) is 4.18. The van der Waals surface area contributed by atoms with Crippen molar-refractivity contribution in [1.29, 1.82) is 0 Å². The Morgan fingerprint density at radius 3 is 2.83 bits per heavy atom. The maximum atomic E-state index is 6.05. The zero-order valence-electron chi connectivity index (χ0n) is 10.3. The molecule has 0 aliphatic carbocycles. The highest BCUT2D eigenvalue weighted by Crippen LogP contribution is 2.23. The molecule has 0 saturated carbocycles. The molecule has 0 atom stereocenters. The molecule has 3 rings (SSSR count). The van der Waals surface area contributed by atoms with E-state index < -0.39 is 0 Å². The quantitative estimate of drug-likeness (QED) is 0.699. The molecule has 0 saturated heterocycles. The lowest BCUT2D eigenvalue weighted by atomic mass is 10.2. The molecule has 0 bridgehead atoms. The first kappa shape index (κ1) is 11.4. The van der Waals surface area contributed by atoms with Gasteiger partial charge in [-0.2, -0.15) is 0 Å². The van der Waals surface area contributed by atoms with Crippen LogP contribution < -0.4 is 0 Å². The first-order valence-corrected chi connectivity index (χ1v) is 6.19. The van der Waals surface area contributed by atoms with Crippen molar-refractivity contribution in [3.8, 4) is 0 Å². The van der Waals surface area contributed by atoms with Gasteiger partial charge in [0.05, 0.1) is 12.2 Å². The number of aryl methyl sites for hydroxylation is 2. The summed E-state index contributed by atoms with van der Waals surface area (Å²) in [7, 11) is 0. The SMILES string of the molecule is Cc1noc(C)c1Cn1ccc2ccc(Cl)cc21. The fraction of sp³-hybridized carbons (Fsp3) is 0.214. The van der Waals surface area contributed by atoms with Crippen molar-refractivity contribution in [3.05, 3.63) is 52.5 Å². The Hall–Kier alpha value is -1.74. The summed E-state index contributed by atoms with van der Waals surface area (Å²) in [6.07, 6.45) is 2.06. The highest BCUT2D eigenvalue weighted by atomic mass is 35.5. The summed E-state index contributed by atoms with van der Waals surface area (Å²) >= 11 is 6.05. The third-order valence-corrected chi connectivity index (χ3v) is 3.48. The Labute approximate surface area is 110 Å². The molecule has 0 radical (unpaired) electrons. The van der Waals surface area contributed by atoms with Crippen molar-refractivity contribution in [3.63, 3.8) is 0 Å². The first-order chi connectivity index (χ1) is 8.65. The fourth-order valence-electron chi connectivity index (χ4n) is 2.19. The average Bonchev–Trinajstić information content (AvgIpc) is 2.88. The summed E-state index contributed by atoms with van der Waals surface area (Å²) in [4.78, 5) is 0. The van der Waals surface area contributed by atoms with Crippen LogP contribution in [0.1, 0.15) is 17.0 Å². The smallest absolute Gasteiger partial charge is 0.138 e. The van der Waals surface area contributed by atoms with Gasteiger partial charge in [0.15, 0.2) is 0 Å². The molecule has 4 heteroatoms. The van der Waals surface area contributed by atoms with Crippen molar-refractivity contribution >= 4 is 22.5 Å². The second-order valence-corrected chi connectivity index (χ2v) is 4.89. The minimum absolute atomic E-state index is 0.751. The molecule has 0 amide bonds. The minimum atomic E-state index is 0.751. The molecule has 18 heavy (non-hydrogen) atoms. The van der Waals surface area contributed by atoms with Crippen molar-refractivity contribution < 1.29 is 4.52 Å². The van der Waals surface area contributed by atoms with E-state index >= 15 is 0 Å². The number of rotatable bonds is 2. The third kappa shape index (κ3) is 1.81. The van der Waals surface area contributed by atoms with E-state index in [1.165, 1.54) is 5.39 Å². The summed E-state index contributed by atoms with van der Waals surface area (Å²) in [6, 6.07) is 8.00. The molecule has 0 unspecified atom stereocenters. The van der Waals surface area contributed by atoms with E-state index in [1.54, 1.807) is 0 Å². The number of nitrogens with zero attached hydrogens (tertiary/aromatic N) is 2. The van der Waals surface area contributed by atoms with E-state index in [1.807, 2.05) is 32.0 Å². The van der Waals surface area contributed by atoms with E-state index in [0.29, 0.717) is 0 Å². The predicted octanol–water partition coefficient (Wildman–Crippen LogP) is 3.95. The van der Waals surface area contributed by atoms with Gasteiger partial charge in [-0.3, -0.25) is 0 Å². The van der Waals surface area contributed by atoms with Crippen LogP contribution in [0.2, 0.25) is 5.02 Å². The van der Waals surface area contributed by atoms with Crippen LogP contribution in [0.4, 0.5) is 0 Å². The molecule has 1 aromatic carbocycles. The van der Waals surface area contributed by atoms with E-state index in [4.69, 9.17) is 16.1 Å². The molecule has 0 aliphatic heterocycles. The lowest BCUT2D eigenvalue weighted by molar-refractivity contribution is 0.392. The van der Waals surface area contributed by atoms with Crippen molar-refractivity contribution in [2.45, 2.75) is 20.4 Å². The van der Waals surface area contributed by atoms with Gasteiger partial charge in [-0.25, -0.2) is 0 Å². The number of fused-ring (bicyclic) bond motifs is 1. The van der Waals surface area contributed by atoms with Crippen molar-refractivity contribution in [1.82, 2.24) is 9.72 Å². The van der Waals surface area contributed by atoms with Crippen LogP contribution in [0.3, 0.4) is 0 Å². The van der Waals surface area contributed by atoms with E-state index in [2.05, 4.69) is 22.0 Å². The maximum Gasteiger partial charge on any atom is 0.138 e. The highest BCUT2D eigenvalue weighted by molar-refractivity contribution is 6.31. The van der Waals surface area contributed by atoms with Gasteiger partial charge in [0.1, 0.15) is 5.76 Å². The fourth-order valence-corrected chi connectivity index (χ4v) is 2.36. The van der Waals surface area contributed by atoms with E-state index in [9.17, 15) is 0 Å². The zero-order chi connectivity index (χ0) is 12.7. The lowest BCUT2D eigenvalue weighted by Gasteiger charge is -2.05. The number of halogens is 1. The topological polar surface area (TPSA) is 31.0 Å². The molecule has 3 aromatic rings. The number of hydrogen-bond acceptors (Lipinski definition) is 2. The van der Waals surface area contributed by atoms with E-state index in [0.717, 1.165) is 34.1 Å². The minimum Gasteiger partial charge on any atom is -0.361 e. The van der Waals surface area contributed by atoms with Crippen molar-refractivity contribution in [2.75, 3.05) is 0 Å². The summed E-state index contributed by atoms with van der Waals surface area (Å²) in [5.74, 6) is 0.872. The van der Waals surface area contributed by atoms with Gasteiger partial charge < -0.3 is 9.09 Å². The normalized spacial score (nSPS) is 11.3. The van der Waals surface area contributed by atoms with Crippen LogP contribution in [0.25, 0.3) is 10.9 Å². The number of benzene rings is 1. The van der Waals surface area contributed by atoms with Crippen LogP contribution in [0.15, 0.2) is 35.0 Å². The predicted molar refractivity (Wildman–Crippen MR) is 72.0 cm³/mol. The average molecular weight is 261 g/mol. The molecule has 0 N–H and O–H groups in total. The third-order valence-electron chi connectivity index (χ3n) is 3.25. The van der Waals surface area contributed by atoms with Crippen LogP contribution in [0, 0.1) is 13.8 Å². The standard InChI is InChI=1S/C14H13ClN2O/c1-9-13(10(2)18-16-9)8-17-6-5-11-3-4-12(15)7-14(11)17/h3-7H,8H2,1-2H3. The number of hydrogen-bond donors (Lipinski definition) is 0. The van der Waals surface area contributed by atoms with Gasteiger partial charge in [0, 0.05) is 22.3 Å². The summed E-state index contributed by atoms with van der Waals surface area (Å²) in [5, 5.41) is 5.92. The highest BCUT2D eigenvalue weighted by Gasteiger charge is 2.10. The molecule has 3 nitrogen and oxygen atoms in total. The summed E-state index contributed by atoms with van der Waals surface area (Å²) in [6.45, 7) is 4.66. The van der Waals surface area contributed by atoms with Crippen LogP contribution >= 0.6 is 11.6 Å². The van der Waals surface area contributed by atoms with Crippen molar-refractivity contribution in [2.24, 2.45) is 0 Å². The first-order valence-electron chi connectivity index (χ1n) is 5.81. The Morgan fingerprint density at radius 2 is 2.11 bits per heavy atom. The molecule has 0 spiro atoms. The zero-order valence-corrected chi connectivity index (χ0v) is 11.0. The summed E-state index contributed by atoms with van der Waals surface area (Å²) < 4.78 is 7.35. The van der Waals surface area contributed by atoms with Gasteiger partial charge in [-0.1, -0.05) is 22.8 Å². The summed E-state index contributed by atoms with van der Waals surface area (Å²) in [5.41, 5.74) is 3.20. The van der Waals surface area contributed by atoms with Gasteiger partial charge in [0.2, 0.25) is 0 Å². The molecule has 0 aliphatic rings. The van der Waals surface area contributed by atoms with E-state index in [-0.39, 0.29) is 0 Å². The molecule has 2 aromatic heterocycles. The molecule has 92 valence electrons. The largest absolute Gasteiger partial charge is 0.361 e. The van der Waals surface area contributed by atoms with Crippen LogP contribution in [-0.4, -0.2) is 9.72 Å².